The maximum atomic E-state index is 12.0. The second-order valence-corrected chi connectivity index (χ2v) is 5.31. The molecule has 4 nitrogen and oxygen atoms in total. The number of halogens is 1. The lowest BCUT2D eigenvalue weighted by Crippen LogP contribution is -2.15. The first-order valence-electron chi connectivity index (χ1n) is 5.25. The molecule has 0 radical (unpaired) electrons. The summed E-state index contributed by atoms with van der Waals surface area (Å²) in [4.78, 5) is 4.06. The summed E-state index contributed by atoms with van der Waals surface area (Å²) in [5.74, 6) is 1.10. The second-order valence-electron chi connectivity index (χ2n) is 3.87. The van der Waals surface area contributed by atoms with Crippen LogP contribution in [0, 0.1) is 17.2 Å². The predicted molar refractivity (Wildman–Crippen MR) is 68.5 cm³/mol. The van der Waals surface area contributed by atoms with Crippen LogP contribution in [0.5, 0.6) is 0 Å². The number of hydrogen-bond acceptors (Lipinski definition) is 4. The number of rotatable bonds is 3. The van der Waals surface area contributed by atoms with Gasteiger partial charge in [-0.05, 0) is 37.6 Å². The Bertz CT molecular complexity index is 441. The van der Waals surface area contributed by atoms with E-state index in [2.05, 4.69) is 10.3 Å². The number of hydrogen-bond donors (Lipinski definition) is 1. The molecule has 1 aliphatic heterocycles. The van der Waals surface area contributed by atoms with Crippen LogP contribution in [0.3, 0.4) is 0 Å². The highest BCUT2D eigenvalue weighted by Gasteiger charge is 2.18. The van der Waals surface area contributed by atoms with E-state index in [1.807, 2.05) is 6.07 Å². The van der Waals surface area contributed by atoms with Crippen LogP contribution < -0.4 is 5.32 Å². The molecule has 1 aliphatic rings. The fraction of sp³-hybridized carbons (Fsp3) is 0.455. The van der Waals surface area contributed by atoms with E-state index < -0.39 is 10.8 Å². The van der Waals surface area contributed by atoms with E-state index in [-0.39, 0.29) is 12.4 Å². The molecule has 17 heavy (non-hydrogen) atoms. The smallest absolute Gasteiger partial charge is 0.128 e. The van der Waals surface area contributed by atoms with Gasteiger partial charge in [0.2, 0.25) is 0 Å². The number of nitrogens with one attached hydrogen (secondary N) is 1. The Morgan fingerprint density at radius 2 is 2.47 bits per heavy atom. The standard InChI is InChI=1S/C11H13N3OS.ClH/c12-6-9-2-4-14-11(5-9)16(15)8-10-1-3-13-7-10;/h2,4-5,10,13H,1,3,7-8H2;1H. The molecule has 1 fully saturated rings. The zero-order valence-electron chi connectivity index (χ0n) is 9.26. The molecule has 0 bridgehead atoms. The molecule has 0 amide bonds. The van der Waals surface area contributed by atoms with E-state index in [9.17, 15) is 4.21 Å². The summed E-state index contributed by atoms with van der Waals surface area (Å²) in [5.41, 5.74) is 0.517. The molecule has 1 aromatic rings. The molecule has 2 heterocycles. The first kappa shape index (κ1) is 14.1. The normalized spacial score (nSPS) is 20.3. The summed E-state index contributed by atoms with van der Waals surface area (Å²) in [6.07, 6.45) is 2.61. The summed E-state index contributed by atoms with van der Waals surface area (Å²) >= 11 is 0. The average Bonchev–Trinajstić information content (AvgIpc) is 2.82. The van der Waals surface area contributed by atoms with Crippen molar-refractivity contribution in [2.24, 2.45) is 5.92 Å². The van der Waals surface area contributed by atoms with Crippen molar-refractivity contribution in [3.8, 4) is 6.07 Å². The van der Waals surface area contributed by atoms with Crippen LogP contribution in [0.1, 0.15) is 12.0 Å². The van der Waals surface area contributed by atoms with Crippen molar-refractivity contribution in [2.75, 3.05) is 18.8 Å². The van der Waals surface area contributed by atoms with Crippen molar-refractivity contribution >= 4 is 23.2 Å². The SMILES string of the molecule is Cl.N#Cc1ccnc(S(=O)CC2CCNC2)c1. The van der Waals surface area contributed by atoms with Gasteiger partial charge in [0.15, 0.2) is 0 Å². The predicted octanol–water partition coefficient (Wildman–Crippen LogP) is 1.09. The third-order valence-electron chi connectivity index (χ3n) is 2.65. The van der Waals surface area contributed by atoms with Gasteiger partial charge in [-0.2, -0.15) is 5.26 Å². The van der Waals surface area contributed by atoms with E-state index in [1.165, 1.54) is 0 Å². The Hall–Kier alpha value is -0.960. The lowest BCUT2D eigenvalue weighted by molar-refractivity contribution is 0.631. The van der Waals surface area contributed by atoms with Crippen LogP contribution in [0.4, 0.5) is 0 Å². The highest BCUT2D eigenvalue weighted by atomic mass is 35.5. The van der Waals surface area contributed by atoms with E-state index in [0.717, 1.165) is 19.5 Å². The zero-order valence-corrected chi connectivity index (χ0v) is 10.9. The third-order valence-corrected chi connectivity index (χ3v) is 4.11. The largest absolute Gasteiger partial charge is 0.316 e. The summed E-state index contributed by atoms with van der Waals surface area (Å²) in [7, 11) is -1.09. The van der Waals surface area contributed by atoms with Crippen molar-refractivity contribution in [3.63, 3.8) is 0 Å². The van der Waals surface area contributed by atoms with Gasteiger partial charge in [-0.3, -0.25) is 4.21 Å². The van der Waals surface area contributed by atoms with Gasteiger partial charge < -0.3 is 5.32 Å². The van der Waals surface area contributed by atoms with Gasteiger partial charge in [0.05, 0.1) is 22.4 Å². The summed E-state index contributed by atoms with van der Waals surface area (Å²) in [6.45, 7) is 1.94. The molecular formula is C11H14ClN3OS. The molecule has 2 atom stereocenters. The van der Waals surface area contributed by atoms with Gasteiger partial charge in [-0.25, -0.2) is 4.98 Å². The molecule has 92 valence electrons. The Kier molecular flexibility index (Phi) is 5.56. The molecular weight excluding hydrogens is 258 g/mol. The maximum Gasteiger partial charge on any atom is 0.128 e. The Labute approximate surface area is 109 Å². The van der Waals surface area contributed by atoms with Crippen LogP contribution in [0.2, 0.25) is 0 Å². The Morgan fingerprint density at radius 3 is 3.12 bits per heavy atom. The highest BCUT2D eigenvalue weighted by Crippen LogP contribution is 2.13. The summed E-state index contributed by atoms with van der Waals surface area (Å²) < 4.78 is 12.0. The van der Waals surface area contributed by atoms with Crippen LogP contribution in [-0.2, 0) is 10.8 Å². The maximum absolute atomic E-state index is 12.0. The molecule has 0 aromatic carbocycles. The average molecular weight is 272 g/mol. The molecule has 2 rings (SSSR count). The van der Waals surface area contributed by atoms with Crippen LogP contribution >= 0.6 is 12.4 Å². The molecule has 0 spiro atoms. The first-order valence-corrected chi connectivity index (χ1v) is 6.57. The minimum atomic E-state index is -1.09. The van der Waals surface area contributed by atoms with Gasteiger partial charge in [0, 0.05) is 11.9 Å². The third kappa shape index (κ3) is 3.77. The van der Waals surface area contributed by atoms with Gasteiger partial charge in [0.25, 0.3) is 0 Å². The molecule has 6 heteroatoms. The monoisotopic (exact) mass is 271 g/mol. The fourth-order valence-corrected chi connectivity index (χ4v) is 3.08. The summed E-state index contributed by atoms with van der Waals surface area (Å²) in [6, 6.07) is 5.26. The molecule has 2 unspecified atom stereocenters. The van der Waals surface area contributed by atoms with Crippen LogP contribution in [-0.4, -0.2) is 28.0 Å². The van der Waals surface area contributed by atoms with Crippen LogP contribution in [0.25, 0.3) is 0 Å². The first-order chi connectivity index (χ1) is 7.79. The number of nitrogens with zero attached hydrogens (tertiary/aromatic N) is 2. The fourth-order valence-electron chi connectivity index (χ4n) is 1.76. The zero-order chi connectivity index (χ0) is 11.4. The minimum absolute atomic E-state index is 0. The highest BCUT2D eigenvalue weighted by molar-refractivity contribution is 7.84. The Balaban J connectivity index is 0.00000144. The Morgan fingerprint density at radius 1 is 1.65 bits per heavy atom. The lowest BCUT2D eigenvalue weighted by atomic mass is 10.2. The van der Waals surface area contributed by atoms with E-state index >= 15 is 0 Å². The minimum Gasteiger partial charge on any atom is -0.316 e. The molecule has 1 N–H and O–H groups in total. The molecule has 1 saturated heterocycles. The van der Waals surface area contributed by atoms with Crippen molar-refractivity contribution in [3.05, 3.63) is 23.9 Å². The summed E-state index contributed by atoms with van der Waals surface area (Å²) in [5, 5.41) is 12.5. The quantitative estimate of drug-likeness (QED) is 0.894. The van der Waals surface area contributed by atoms with Gasteiger partial charge in [-0.1, -0.05) is 0 Å². The second kappa shape index (κ2) is 6.70. The topological polar surface area (TPSA) is 65.8 Å². The molecule has 0 aliphatic carbocycles. The van der Waals surface area contributed by atoms with Gasteiger partial charge in [0.1, 0.15) is 5.03 Å². The van der Waals surface area contributed by atoms with E-state index in [4.69, 9.17) is 5.26 Å². The number of pyridine rings is 1. The lowest BCUT2D eigenvalue weighted by Gasteiger charge is -2.07. The molecule has 1 aromatic heterocycles. The van der Waals surface area contributed by atoms with E-state index in [0.29, 0.717) is 22.3 Å². The van der Waals surface area contributed by atoms with Crippen molar-refractivity contribution < 1.29 is 4.21 Å². The van der Waals surface area contributed by atoms with Gasteiger partial charge >= 0.3 is 0 Å². The van der Waals surface area contributed by atoms with Crippen LogP contribution in [0.15, 0.2) is 23.4 Å². The van der Waals surface area contributed by atoms with Crippen molar-refractivity contribution in [1.82, 2.24) is 10.3 Å². The number of nitriles is 1. The molecule has 0 saturated carbocycles. The van der Waals surface area contributed by atoms with Gasteiger partial charge in [-0.15, -0.1) is 12.4 Å². The number of aromatic nitrogens is 1. The van der Waals surface area contributed by atoms with Crippen molar-refractivity contribution in [2.45, 2.75) is 11.4 Å². The van der Waals surface area contributed by atoms with E-state index in [1.54, 1.807) is 18.3 Å². The van der Waals surface area contributed by atoms with Crippen molar-refractivity contribution in [1.29, 1.82) is 5.26 Å².